The number of benzene rings is 1. The van der Waals surface area contributed by atoms with E-state index in [1.807, 2.05) is 25.2 Å². The van der Waals surface area contributed by atoms with Crippen molar-refractivity contribution in [3.8, 4) is 0 Å². The number of nitrogens with zero attached hydrogens (tertiary/aromatic N) is 2. The van der Waals surface area contributed by atoms with Gasteiger partial charge < -0.3 is 19.7 Å². The monoisotopic (exact) mass is 327 g/mol. The van der Waals surface area contributed by atoms with Crippen LogP contribution in [0.4, 0.5) is 0 Å². The van der Waals surface area contributed by atoms with Gasteiger partial charge in [-0.3, -0.25) is 4.99 Å². The summed E-state index contributed by atoms with van der Waals surface area (Å²) in [6, 6.07) is 7.86. The first-order chi connectivity index (χ1) is 10.7. The number of aliphatic imine (C=N–C) groups is 1. The van der Waals surface area contributed by atoms with Gasteiger partial charge in [-0.1, -0.05) is 23.7 Å². The van der Waals surface area contributed by atoms with E-state index < -0.39 is 0 Å². The zero-order valence-corrected chi connectivity index (χ0v) is 14.4. The minimum absolute atomic E-state index is 0.587. The summed E-state index contributed by atoms with van der Waals surface area (Å²) in [5.74, 6) is 0.859. The van der Waals surface area contributed by atoms with Gasteiger partial charge in [-0.25, -0.2) is 0 Å². The molecule has 1 rings (SSSR count). The zero-order valence-electron chi connectivity index (χ0n) is 13.6. The summed E-state index contributed by atoms with van der Waals surface area (Å²) in [4.78, 5) is 6.64. The van der Waals surface area contributed by atoms with Crippen LogP contribution in [0.25, 0.3) is 0 Å². The molecular weight excluding hydrogens is 302 g/mol. The summed E-state index contributed by atoms with van der Waals surface area (Å²) < 4.78 is 10.4. The molecule has 0 heterocycles. The lowest BCUT2D eigenvalue weighted by atomic mass is 10.2. The van der Waals surface area contributed by atoms with Gasteiger partial charge in [-0.2, -0.15) is 0 Å². The maximum absolute atomic E-state index is 6.02. The van der Waals surface area contributed by atoms with Crippen LogP contribution in [-0.2, 0) is 16.0 Å². The second kappa shape index (κ2) is 11.3. The second-order valence-electron chi connectivity index (χ2n) is 4.83. The Kier molecular flexibility index (Phi) is 9.62. The first-order valence-electron chi connectivity index (χ1n) is 7.48. The number of methoxy groups -OCH3 is 1. The third kappa shape index (κ3) is 7.64. The Balaban J connectivity index is 2.49. The number of hydrogen-bond donors (Lipinski definition) is 1. The van der Waals surface area contributed by atoms with Crippen LogP contribution >= 0.6 is 11.6 Å². The lowest BCUT2D eigenvalue weighted by Gasteiger charge is -2.22. The fourth-order valence-electron chi connectivity index (χ4n) is 1.91. The molecule has 0 spiro atoms. The molecule has 0 aliphatic rings. The van der Waals surface area contributed by atoms with Gasteiger partial charge in [0.2, 0.25) is 0 Å². The van der Waals surface area contributed by atoms with E-state index in [1.165, 1.54) is 0 Å². The molecule has 0 aromatic heterocycles. The number of ether oxygens (including phenoxy) is 2. The number of hydrogen-bond acceptors (Lipinski definition) is 3. The molecule has 0 aliphatic carbocycles. The number of halogens is 1. The van der Waals surface area contributed by atoms with Gasteiger partial charge in [-0.05, 0) is 24.6 Å². The van der Waals surface area contributed by atoms with Gasteiger partial charge in [0.1, 0.15) is 0 Å². The summed E-state index contributed by atoms with van der Waals surface area (Å²) in [5.41, 5.74) is 1.15. The lowest BCUT2D eigenvalue weighted by Crippen LogP contribution is -2.38. The van der Waals surface area contributed by atoms with Gasteiger partial charge >= 0.3 is 0 Å². The number of nitrogens with one attached hydrogen (secondary N) is 1. The highest BCUT2D eigenvalue weighted by molar-refractivity contribution is 6.30. The SMILES string of the molecule is CCNC(=NCCOCCOC)N(C)Cc1cccc(Cl)c1. The van der Waals surface area contributed by atoms with E-state index in [0.29, 0.717) is 26.4 Å². The summed E-state index contributed by atoms with van der Waals surface area (Å²) >= 11 is 6.02. The van der Waals surface area contributed by atoms with Crippen molar-refractivity contribution < 1.29 is 9.47 Å². The van der Waals surface area contributed by atoms with Crippen LogP contribution in [0.5, 0.6) is 0 Å². The number of rotatable bonds is 9. The van der Waals surface area contributed by atoms with Crippen molar-refractivity contribution in [2.24, 2.45) is 4.99 Å². The van der Waals surface area contributed by atoms with Crippen LogP contribution in [0, 0.1) is 0 Å². The maximum atomic E-state index is 6.02. The summed E-state index contributed by atoms with van der Waals surface area (Å²) in [6.07, 6.45) is 0. The van der Waals surface area contributed by atoms with Crippen LogP contribution in [-0.4, -0.2) is 57.9 Å². The van der Waals surface area contributed by atoms with Crippen LogP contribution in [0.3, 0.4) is 0 Å². The van der Waals surface area contributed by atoms with E-state index in [4.69, 9.17) is 21.1 Å². The molecule has 0 amide bonds. The van der Waals surface area contributed by atoms with Crippen molar-refractivity contribution in [2.45, 2.75) is 13.5 Å². The van der Waals surface area contributed by atoms with Gasteiger partial charge in [-0.15, -0.1) is 0 Å². The predicted molar refractivity (Wildman–Crippen MR) is 91.6 cm³/mol. The largest absolute Gasteiger partial charge is 0.382 e. The topological polar surface area (TPSA) is 46.1 Å². The van der Waals surface area contributed by atoms with Crippen LogP contribution < -0.4 is 5.32 Å². The molecule has 0 aliphatic heterocycles. The second-order valence-corrected chi connectivity index (χ2v) is 5.26. The Hall–Kier alpha value is -1.30. The predicted octanol–water partition coefficient (Wildman–Crippen LogP) is 2.40. The van der Waals surface area contributed by atoms with Crippen LogP contribution in [0.2, 0.25) is 5.02 Å². The van der Waals surface area contributed by atoms with E-state index in [9.17, 15) is 0 Å². The summed E-state index contributed by atoms with van der Waals surface area (Å²) in [6.45, 7) is 6.03. The molecule has 6 heteroatoms. The molecule has 5 nitrogen and oxygen atoms in total. The van der Waals surface area contributed by atoms with E-state index in [-0.39, 0.29) is 0 Å². The van der Waals surface area contributed by atoms with Crippen molar-refractivity contribution in [1.82, 2.24) is 10.2 Å². The highest BCUT2D eigenvalue weighted by Gasteiger charge is 2.06. The maximum Gasteiger partial charge on any atom is 0.194 e. The Bertz CT molecular complexity index is 455. The minimum Gasteiger partial charge on any atom is -0.382 e. The molecule has 0 saturated heterocycles. The van der Waals surface area contributed by atoms with Gasteiger partial charge in [0.05, 0.1) is 26.4 Å². The molecule has 0 saturated carbocycles. The molecule has 0 fully saturated rings. The van der Waals surface area contributed by atoms with Gasteiger partial charge in [0.15, 0.2) is 5.96 Å². The zero-order chi connectivity index (χ0) is 16.2. The normalized spacial score (nSPS) is 11.5. The smallest absolute Gasteiger partial charge is 0.194 e. The fourth-order valence-corrected chi connectivity index (χ4v) is 2.13. The van der Waals surface area contributed by atoms with E-state index in [1.54, 1.807) is 7.11 Å². The standard InChI is InChI=1S/C16H26ClN3O2/c1-4-18-16(19-8-9-22-11-10-21-3)20(2)13-14-6-5-7-15(17)12-14/h5-7,12H,4,8-11,13H2,1-3H3,(H,18,19). The van der Waals surface area contributed by atoms with Crippen LogP contribution in [0.15, 0.2) is 29.3 Å². The Morgan fingerprint density at radius 1 is 1.32 bits per heavy atom. The fraction of sp³-hybridized carbons (Fsp3) is 0.562. The third-order valence-electron chi connectivity index (χ3n) is 2.93. The quantitative estimate of drug-likeness (QED) is 0.430. The van der Waals surface area contributed by atoms with Crippen molar-refractivity contribution in [3.05, 3.63) is 34.9 Å². The first kappa shape index (κ1) is 18.7. The summed E-state index contributed by atoms with van der Waals surface area (Å²) in [7, 11) is 3.67. The van der Waals surface area contributed by atoms with E-state index >= 15 is 0 Å². The average Bonchev–Trinajstić information content (AvgIpc) is 2.49. The molecule has 0 atom stereocenters. The lowest BCUT2D eigenvalue weighted by molar-refractivity contribution is 0.0747. The molecule has 1 aromatic rings. The Morgan fingerprint density at radius 3 is 2.82 bits per heavy atom. The highest BCUT2D eigenvalue weighted by atomic mass is 35.5. The Labute approximate surface area is 138 Å². The molecule has 0 unspecified atom stereocenters. The van der Waals surface area contributed by atoms with E-state index in [2.05, 4.69) is 28.2 Å². The van der Waals surface area contributed by atoms with Crippen molar-refractivity contribution in [3.63, 3.8) is 0 Å². The molecule has 1 aromatic carbocycles. The molecule has 0 bridgehead atoms. The first-order valence-corrected chi connectivity index (χ1v) is 7.85. The molecule has 0 radical (unpaired) electrons. The molecule has 22 heavy (non-hydrogen) atoms. The number of guanidine groups is 1. The minimum atomic E-state index is 0.587. The molecular formula is C16H26ClN3O2. The molecule has 1 N–H and O–H groups in total. The third-order valence-corrected chi connectivity index (χ3v) is 3.17. The molecule has 124 valence electrons. The highest BCUT2D eigenvalue weighted by Crippen LogP contribution is 2.12. The van der Waals surface area contributed by atoms with Crippen molar-refractivity contribution >= 4 is 17.6 Å². The van der Waals surface area contributed by atoms with Crippen molar-refractivity contribution in [2.75, 3.05) is 47.1 Å². The van der Waals surface area contributed by atoms with Crippen molar-refractivity contribution in [1.29, 1.82) is 0 Å². The summed E-state index contributed by atoms with van der Waals surface area (Å²) in [5, 5.41) is 4.03. The van der Waals surface area contributed by atoms with Crippen LogP contribution in [0.1, 0.15) is 12.5 Å². The van der Waals surface area contributed by atoms with Gasteiger partial charge in [0, 0.05) is 32.3 Å². The van der Waals surface area contributed by atoms with Gasteiger partial charge in [0.25, 0.3) is 0 Å². The van der Waals surface area contributed by atoms with E-state index in [0.717, 1.165) is 29.6 Å². The average molecular weight is 328 g/mol. The Morgan fingerprint density at radius 2 is 2.14 bits per heavy atom.